The SMILES string of the molecule is O=C(NCCCN1CCOCC1)C1(c2ccc(F)cc2)CCCC1. The lowest BCUT2D eigenvalue weighted by molar-refractivity contribution is -0.126. The molecule has 4 nitrogen and oxygen atoms in total. The van der Waals surface area contributed by atoms with Gasteiger partial charge in [0.2, 0.25) is 5.91 Å². The molecule has 1 N–H and O–H groups in total. The first kappa shape index (κ1) is 17.4. The molecule has 5 heteroatoms. The van der Waals surface area contributed by atoms with Crippen LogP contribution in [0.3, 0.4) is 0 Å². The number of halogens is 1. The predicted molar refractivity (Wildman–Crippen MR) is 91.4 cm³/mol. The van der Waals surface area contributed by atoms with Crippen LogP contribution in [-0.2, 0) is 14.9 Å². The van der Waals surface area contributed by atoms with Gasteiger partial charge in [0.1, 0.15) is 5.82 Å². The van der Waals surface area contributed by atoms with Gasteiger partial charge in [-0.25, -0.2) is 4.39 Å². The van der Waals surface area contributed by atoms with E-state index in [-0.39, 0.29) is 11.7 Å². The molecular weight excluding hydrogens is 307 g/mol. The number of nitrogens with zero attached hydrogens (tertiary/aromatic N) is 1. The van der Waals surface area contributed by atoms with E-state index in [1.807, 2.05) is 0 Å². The van der Waals surface area contributed by atoms with Gasteiger partial charge >= 0.3 is 0 Å². The van der Waals surface area contributed by atoms with Crippen molar-refractivity contribution in [2.75, 3.05) is 39.4 Å². The molecular formula is C19H27FN2O2. The lowest BCUT2D eigenvalue weighted by Gasteiger charge is -2.29. The van der Waals surface area contributed by atoms with Crippen LogP contribution in [0, 0.1) is 5.82 Å². The van der Waals surface area contributed by atoms with Crippen molar-refractivity contribution in [3.63, 3.8) is 0 Å². The Bertz CT molecular complexity index is 535. The highest BCUT2D eigenvalue weighted by Crippen LogP contribution is 2.41. The average Bonchev–Trinajstić information content (AvgIpc) is 3.11. The standard InChI is InChI=1S/C19H27FN2O2/c20-17-6-4-16(5-7-17)19(8-1-2-9-19)18(23)21-10-3-11-22-12-14-24-15-13-22/h4-7H,1-3,8-15H2,(H,21,23). The number of hydrogen-bond donors (Lipinski definition) is 1. The van der Waals surface area contributed by atoms with E-state index in [0.29, 0.717) is 6.54 Å². The molecule has 1 aromatic carbocycles. The quantitative estimate of drug-likeness (QED) is 0.813. The molecule has 3 rings (SSSR count). The first-order valence-electron chi connectivity index (χ1n) is 9.05. The highest BCUT2D eigenvalue weighted by Gasteiger charge is 2.42. The number of nitrogens with one attached hydrogen (secondary N) is 1. The maximum Gasteiger partial charge on any atom is 0.230 e. The Balaban J connectivity index is 1.54. The van der Waals surface area contributed by atoms with E-state index >= 15 is 0 Å². The molecule has 1 aliphatic carbocycles. The highest BCUT2D eigenvalue weighted by molar-refractivity contribution is 5.88. The lowest BCUT2D eigenvalue weighted by atomic mass is 9.78. The van der Waals surface area contributed by atoms with Crippen LogP contribution in [-0.4, -0.2) is 50.2 Å². The summed E-state index contributed by atoms with van der Waals surface area (Å²) < 4.78 is 18.6. The zero-order valence-electron chi connectivity index (χ0n) is 14.2. The number of carbonyl (C=O) groups excluding carboxylic acids is 1. The molecule has 24 heavy (non-hydrogen) atoms. The van der Waals surface area contributed by atoms with Crippen LogP contribution < -0.4 is 5.32 Å². The van der Waals surface area contributed by atoms with Crippen LogP contribution in [0.25, 0.3) is 0 Å². The van der Waals surface area contributed by atoms with Crippen LogP contribution >= 0.6 is 0 Å². The summed E-state index contributed by atoms with van der Waals surface area (Å²) in [6.07, 6.45) is 4.77. The van der Waals surface area contributed by atoms with Crippen molar-refractivity contribution >= 4 is 5.91 Å². The number of ether oxygens (including phenoxy) is 1. The number of carbonyl (C=O) groups is 1. The van der Waals surface area contributed by atoms with Crippen molar-refractivity contribution in [1.82, 2.24) is 10.2 Å². The molecule has 1 heterocycles. The zero-order chi connectivity index (χ0) is 16.8. The maximum absolute atomic E-state index is 13.2. The van der Waals surface area contributed by atoms with Crippen LogP contribution in [0.15, 0.2) is 24.3 Å². The second-order valence-electron chi connectivity index (χ2n) is 6.86. The van der Waals surface area contributed by atoms with Gasteiger partial charge in [-0.3, -0.25) is 9.69 Å². The largest absolute Gasteiger partial charge is 0.379 e. The summed E-state index contributed by atoms with van der Waals surface area (Å²) in [6, 6.07) is 6.46. The second kappa shape index (κ2) is 8.08. The molecule has 1 aliphatic heterocycles. The van der Waals surface area contributed by atoms with E-state index < -0.39 is 5.41 Å². The van der Waals surface area contributed by atoms with Gasteiger partial charge in [-0.05, 0) is 43.5 Å². The molecule has 1 saturated carbocycles. The molecule has 132 valence electrons. The third-order valence-corrected chi connectivity index (χ3v) is 5.33. The summed E-state index contributed by atoms with van der Waals surface area (Å²) in [5, 5.41) is 3.13. The van der Waals surface area contributed by atoms with E-state index in [4.69, 9.17) is 4.74 Å². The van der Waals surface area contributed by atoms with Gasteiger partial charge in [0.05, 0.1) is 18.6 Å². The van der Waals surface area contributed by atoms with Crippen molar-refractivity contribution in [3.05, 3.63) is 35.6 Å². The summed E-state index contributed by atoms with van der Waals surface area (Å²) in [5.41, 5.74) is 0.485. The summed E-state index contributed by atoms with van der Waals surface area (Å²) >= 11 is 0. The minimum atomic E-state index is -0.466. The van der Waals surface area contributed by atoms with E-state index in [1.165, 1.54) is 12.1 Å². The fraction of sp³-hybridized carbons (Fsp3) is 0.632. The Morgan fingerprint density at radius 3 is 2.50 bits per heavy atom. The molecule has 0 radical (unpaired) electrons. The number of amides is 1. The second-order valence-corrected chi connectivity index (χ2v) is 6.86. The number of morpholine rings is 1. The predicted octanol–water partition coefficient (Wildman–Crippen LogP) is 2.48. The fourth-order valence-electron chi connectivity index (χ4n) is 3.89. The molecule has 2 aliphatic rings. The van der Waals surface area contributed by atoms with Crippen molar-refractivity contribution in [1.29, 1.82) is 0 Å². The van der Waals surface area contributed by atoms with Gasteiger partial charge in [0.25, 0.3) is 0 Å². The topological polar surface area (TPSA) is 41.6 Å². The summed E-state index contributed by atoms with van der Waals surface area (Å²) in [6.45, 7) is 5.26. The molecule has 1 aromatic rings. The van der Waals surface area contributed by atoms with Crippen LogP contribution in [0.2, 0.25) is 0 Å². The highest BCUT2D eigenvalue weighted by atomic mass is 19.1. The molecule has 0 spiro atoms. The Morgan fingerprint density at radius 1 is 1.17 bits per heavy atom. The number of hydrogen-bond acceptors (Lipinski definition) is 3. The number of benzene rings is 1. The molecule has 0 unspecified atom stereocenters. The van der Waals surface area contributed by atoms with Gasteiger partial charge in [-0.15, -0.1) is 0 Å². The van der Waals surface area contributed by atoms with E-state index in [9.17, 15) is 9.18 Å². The van der Waals surface area contributed by atoms with Gasteiger partial charge in [-0.2, -0.15) is 0 Å². The summed E-state index contributed by atoms with van der Waals surface area (Å²) in [5.74, 6) is -0.147. The third kappa shape index (κ3) is 3.95. The number of rotatable bonds is 6. The molecule has 2 fully saturated rings. The summed E-state index contributed by atoms with van der Waals surface area (Å²) in [4.78, 5) is 15.2. The molecule has 0 atom stereocenters. The van der Waals surface area contributed by atoms with Gasteiger partial charge in [0, 0.05) is 19.6 Å². The minimum absolute atomic E-state index is 0.105. The van der Waals surface area contributed by atoms with Crippen LogP contribution in [0.4, 0.5) is 4.39 Å². The molecule has 1 saturated heterocycles. The van der Waals surface area contributed by atoms with Crippen molar-refractivity contribution < 1.29 is 13.9 Å². The van der Waals surface area contributed by atoms with E-state index in [0.717, 1.165) is 70.5 Å². The van der Waals surface area contributed by atoms with Crippen LogP contribution in [0.1, 0.15) is 37.7 Å². The third-order valence-electron chi connectivity index (χ3n) is 5.33. The Kier molecular flexibility index (Phi) is 5.85. The van der Waals surface area contributed by atoms with E-state index in [2.05, 4.69) is 10.2 Å². The Labute approximate surface area is 143 Å². The monoisotopic (exact) mass is 334 g/mol. The minimum Gasteiger partial charge on any atom is -0.379 e. The lowest BCUT2D eigenvalue weighted by Crippen LogP contribution is -2.44. The van der Waals surface area contributed by atoms with Crippen LogP contribution in [0.5, 0.6) is 0 Å². The van der Waals surface area contributed by atoms with Gasteiger partial charge < -0.3 is 10.1 Å². The zero-order valence-corrected chi connectivity index (χ0v) is 14.2. The van der Waals surface area contributed by atoms with Gasteiger partial charge in [-0.1, -0.05) is 25.0 Å². The summed E-state index contributed by atoms with van der Waals surface area (Å²) in [7, 11) is 0. The Hall–Kier alpha value is -1.46. The smallest absolute Gasteiger partial charge is 0.230 e. The van der Waals surface area contributed by atoms with Crippen molar-refractivity contribution in [2.24, 2.45) is 0 Å². The van der Waals surface area contributed by atoms with E-state index in [1.54, 1.807) is 12.1 Å². The molecule has 1 amide bonds. The molecule has 0 aromatic heterocycles. The first-order valence-corrected chi connectivity index (χ1v) is 9.05. The maximum atomic E-state index is 13.2. The molecule has 0 bridgehead atoms. The van der Waals surface area contributed by atoms with Gasteiger partial charge in [0.15, 0.2) is 0 Å². The average molecular weight is 334 g/mol. The Morgan fingerprint density at radius 2 is 1.83 bits per heavy atom. The normalized spacial score (nSPS) is 20.9. The fourth-order valence-corrected chi connectivity index (χ4v) is 3.89. The first-order chi connectivity index (χ1) is 11.7. The van der Waals surface area contributed by atoms with Crippen molar-refractivity contribution in [3.8, 4) is 0 Å². The van der Waals surface area contributed by atoms with Crippen molar-refractivity contribution in [2.45, 2.75) is 37.5 Å².